The van der Waals surface area contributed by atoms with Crippen LogP contribution in [0.15, 0.2) is 54.6 Å². The van der Waals surface area contributed by atoms with E-state index in [1.807, 2.05) is 43.3 Å². The van der Waals surface area contributed by atoms with Crippen molar-refractivity contribution in [2.24, 2.45) is 5.92 Å². The molecule has 0 bridgehead atoms. The molecule has 0 saturated carbocycles. The van der Waals surface area contributed by atoms with Crippen molar-refractivity contribution < 1.29 is 14.3 Å². The first-order chi connectivity index (χ1) is 12.6. The number of para-hydroxylation sites is 1. The predicted octanol–water partition coefficient (Wildman–Crippen LogP) is 4.27. The summed E-state index contributed by atoms with van der Waals surface area (Å²) in [5.41, 5.74) is 1.80. The van der Waals surface area contributed by atoms with E-state index in [-0.39, 0.29) is 11.8 Å². The molecule has 4 nitrogen and oxygen atoms in total. The molecule has 1 N–H and O–H groups in total. The number of benzene rings is 2. The lowest BCUT2D eigenvalue weighted by molar-refractivity contribution is 0.0932. The largest absolute Gasteiger partial charge is 0.490 e. The number of rotatable bonds is 10. The van der Waals surface area contributed by atoms with Crippen LogP contribution in [0.1, 0.15) is 42.6 Å². The third-order valence-corrected chi connectivity index (χ3v) is 4.34. The lowest BCUT2D eigenvalue weighted by Crippen LogP contribution is -2.30. The van der Waals surface area contributed by atoms with E-state index in [0.717, 1.165) is 0 Å². The fourth-order valence-electron chi connectivity index (χ4n) is 2.87. The van der Waals surface area contributed by atoms with E-state index in [1.54, 1.807) is 6.07 Å². The molecule has 0 saturated heterocycles. The molecule has 26 heavy (non-hydrogen) atoms. The number of nitrogens with one attached hydrogen (secondary N) is 1. The van der Waals surface area contributed by atoms with Crippen LogP contribution >= 0.6 is 0 Å². The van der Waals surface area contributed by atoms with Gasteiger partial charge in [0.15, 0.2) is 0 Å². The van der Waals surface area contributed by atoms with Gasteiger partial charge in [-0.2, -0.15) is 0 Å². The first-order valence-corrected chi connectivity index (χ1v) is 9.26. The number of carbonyl (C=O) groups is 1. The molecular formula is C22H29NO3. The highest BCUT2D eigenvalue weighted by atomic mass is 16.5. The fourth-order valence-corrected chi connectivity index (χ4v) is 2.87. The van der Waals surface area contributed by atoms with Gasteiger partial charge < -0.3 is 14.8 Å². The molecule has 1 unspecified atom stereocenters. The average Bonchev–Trinajstić information content (AvgIpc) is 2.66. The van der Waals surface area contributed by atoms with Crippen LogP contribution in [0.3, 0.4) is 0 Å². The third kappa shape index (κ3) is 5.88. The maximum atomic E-state index is 12.7. The van der Waals surface area contributed by atoms with E-state index in [0.29, 0.717) is 43.6 Å². The summed E-state index contributed by atoms with van der Waals surface area (Å²) < 4.78 is 11.0. The zero-order valence-electron chi connectivity index (χ0n) is 15.9. The molecule has 0 radical (unpaired) electrons. The number of hydrogen-bond donors (Lipinski definition) is 1. The van der Waals surface area contributed by atoms with Gasteiger partial charge in [-0.15, -0.1) is 0 Å². The Bertz CT molecular complexity index is 670. The average molecular weight is 355 g/mol. The monoisotopic (exact) mass is 355 g/mol. The molecule has 140 valence electrons. The summed E-state index contributed by atoms with van der Waals surface area (Å²) in [6, 6.07) is 17.6. The Hall–Kier alpha value is -2.33. The fraction of sp³-hybridized carbons (Fsp3) is 0.409. The Labute approximate surface area is 156 Å². The van der Waals surface area contributed by atoms with Crippen molar-refractivity contribution in [2.75, 3.05) is 26.4 Å². The molecule has 2 rings (SSSR count). The predicted molar refractivity (Wildman–Crippen MR) is 105 cm³/mol. The molecule has 2 aromatic rings. The van der Waals surface area contributed by atoms with Gasteiger partial charge in [0.05, 0.1) is 12.2 Å². The summed E-state index contributed by atoms with van der Waals surface area (Å²) in [4.78, 5) is 12.7. The van der Waals surface area contributed by atoms with Gasteiger partial charge in [0.1, 0.15) is 12.4 Å². The first kappa shape index (κ1) is 20.0. The Morgan fingerprint density at radius 1 is 1.00 bits per heavy atom. The van der Waals surface area contributed by atoms with Crippen LogP contribution in [0.25, 0.3) is 0 Å². The number of amides is 1. The quantitative estimate of drug-likeness (QED) is 0.648. The summed E-state index contributed by atoms with van der Waals surface area (Å²) in [5.74, 6) is 1.17. The zero-order chi connectivity index (χ0) is 18.8. The van der Waals surface area contributed by atoms with Gasteiger partial charge in [-0.1, -0.05) is 56.3 Å². The van der Waals surface area contributed by atoms with Crippen LogP contribution in [-0.2, 0) is 4.74 Å². The lowest BCUT2D eigenvalue weighted by atomic mass is 9.88. The van der Waals surface area contributed by atoms with Crippen molar-refractivity contribution in [3.63, 3.8) is 0 Å². The molecule has 0 spiro atoms. The van der Waals surface area contributed by atoms with Gasteiger partial charge in [-0.25, -0.2) is 0 Å². The van der Waals surface area contributed by atoms with Crippen molar-refractivity contribution in [3.05, 3.63) is 65.7 Å². The molecular weight excluding hydrogens is 326 g/mol. The number of hydrogen-bond acceptors (Lipinski definition) is 3. The Morgan fingerprint density at radius 3 is 2.38 bits per heavy atom. The van der Waals surface area contributed by atoms with Gasteiger partial charge in [-0.05, 0) is 30.5 Å². The smallest absolute Gasteiger partial charge is 0.255 e. The number of ether oxygens (including phenoxy) is 2. The summed E-state index contributed by atoms with van der Waals surface area (Å²) in [6.45, 7) is 8.48. The highest BCUT2D eigenvalue weighted by molar-refractivity contribution is 5.96. The van der Waals surface area contributed by atoms with E-state index < -0.39 is 0 Å². The highest BCUT2D eigenvalue weighted by Crippen LogP contribution is 2.24. The first-order valence-electron chi connectivity index (χ1n) is 9.26. The van der Waals surface area contributed by atoms with Crippen molar-refractivity contribution in [1.29, 1.82) is 0 Å². The highest BCUT2D eigenvalue weighted by Gasteiger charge is 2.18. The van der Waals surface area contributed by atoms with Crippen molar-refractivity contribution in [2.45, 2.75) is 26.7 Å². The standard InChI is InChI=1S/C22H29NO3/c1-4-25-14-15-26-21-13-9-8-12-19(21)22(24)23-16-20(17(2)3)18-10-6-5-7-11-18/h5-13,17,20H,4,14-16H2,1-3H3,(H,23,24). The Morgan fingerprint density at radius 2 is 1.69 bits per heavy atom. The molecule has 0 fully saturated rings. The molecule has 0 aliphatic rings. The van der Waals surface area contributed by atoms with Crippen molar-refractivity contribution >= 4 is 5.91 Å². The van der Waals surface area contributed by atoms with Crippen LogP contribution in [0.2, 0.25) is 0 Å². The van der Waals surface area contributed by atoms with Crippen LogP contribution in [-0.4, -0.2) is 32.3 Å². The second-order valence-corrected chi connectivity index (χ2v) is 6.51. The van der Waals surface area contributed by atoms with E-state index in [2.05, 4.69) is 31.3 Å². The van der Waals surface area contributed by atoms with E-state index in [9.17, 15) is 4.79 Å². The molecule has 0 aromatic heterocycles. The van der Waals surface area contributed by atoms with Crippen molar-refractivity contribution in [1.82, 2.24) is 5.32 Å². The minimum Gasteiger partial charge on any atom is -0.490 e. The van der Waals surface area contributed by atoms with Crippen LogP contribution in [0.4, 0.5) is 0 Å². The molecule has 1 atom stereocenters. The minimum atomic E-state index is -0.112. The zero-order valence-corrected chi connectivity index (χ0v) is 15.9. The van der Waals surface area contributed by atoms with E-state index >= 15 is 0 Å². The minimum absolute atomic E-state index is 0.112. The van der Waals surface area contributed by atoms with Crippen LogP contribution in [0.5, 0.6) is 5.75 Å². The van der Waals surface area contributed by atoms with Crippen LogP contribution in [0, 0.1) is 5.92 Å². The second-order valence-electron chi connectivity index (χ2n) is 6.51. The van der Waals surface area contributed by atoms with E-state index in [4.69, 9.17) is 9.47 Å². The van der Waals surface area contributed by atoms with Gasteiger partial charge in [0, 0.05) is 19.1 Å². The van der Waals surface area contributed by atoms with Gasteiger partial charge in [0.25, 0.3) is 5.91 Å². The van der Waals surface area contributed by atoms with Crippen LogP contribution < -0.4 is 10.1 Å². The topological polar surface area (TPSA) is 47.6 Å². The Kier molecular flexibility index (Phi) is 8.16. The molecule has 4 heteroatoms. The lowest BCUT2D eigenvalue weighted by Gasteiger charge is -2.22. The van der Waals surface area contributed by atoms with Gasteiger partial charge in [-0.3, -0.25) is 4.79 Å². The van der Waals surface area contributed by atoms with Gasteiger partial charge >= 0.3 is 0 Å². The van der Waals surface area contributed by atoms with Crippen molar-refractivity contribution in [3.8, 4) is 5.75 Å². The molecule has 0 heterocycles. The molecule has 2 aromatic carbocycles. The van der Waals surface area contributed by atoms with E-state index in [1.165, 1.54) is 5.56 Å². The Balaban J connectivity index is 2.00. The maximum Gasteiger partial charge on any atom is 0.255 e. The summed E-state index contributed by atoms with van der Waals surface area (Å²) >= 11 is 0. The SMILES string of the molecule is CCOCCOc1ccccc1C(=O)NCC(c1ccccc1)C(C)C. The third-order valence-electron chi connectivity index (χ3n) is 4.34. The summed E-state index contributed by atoms with van der Waals surface area (Å²) in [7, 11) is 0. The number of carbonyl (C=O) groups excluding carboxylic acids is 1. The molecule has 0 aliphatic carbocycles. The normalized spacial score (nSPS) is 12.0. The maximum absolute atomic E-state index is 12.7. The second kappa shape index (κ2) is 10.6. The molecule has 0 aliphatic heterocycles. The summed E-state index contributed by atoms with van der Waals surface area (Å²) in [6.07, 6.45) is 0. The van der Waals surface area contributed by atoms with Gasteiger partial charge in [0.2, 0.25) is 0 Å². The molecule has 1 amide bonds. The summed E-state index contributed by atoms with van der Waals surface area (Å²) in [5, 5.41) is 3.07.